The topological polar surface area (TPSA) is 97.6 Å². The van der Waals surface area contributed by atoms with E-state index in [-0.39, 0.29) is 21.5 Å². The average Bonchev–Trinajstić information content (AvgIpc) is 3.12. The normalized spacial score (nSPS) is 12.6. The van der Waals surface area contributed by atoms with E-state index in [9.17, 15) is 22.8 Å². The Morgan fingerprint density at radius 1 is 1.25 bits per heavy atom. The van der Waals surface area contributed by atoms with Crippen LogP contribution in [0.15, 0.2) is 23.2 Å². The monoisotopic (exact) mass is 473 g/mol. The van der Waals surface area contributed by atoms with Gasteiger partial charge in [0.2, 0.25) is 4.80 Å². The molecule has 2 amide bonds. The summed E-state index contributed by atoms with van der Waals surface area (Å²) in [4.78, 5) is 28.7. The number of hydrogen-bond acceptors (Lipinski definition) is 6. The number of anilines is 1. The summed E-state index contributed by atoms with van der Waals surface area (Å²) < 4.78 is 45.7. The van der Waals surface area contributed by atoms with Crippen LogP contribution in [-0.2, 0) is 22.9 Å². The molecule has 1 aromatic carbocycles. The van der Waals surface area contributed by atoms with Crippen LogP contribution in [0.25, 0.3) is 0 Å². The van der Waals surface area contributed by atoms with Crippen molar-refractivity contribution in [2.24, 2.45) is 4.99 Å². The standard InChI is InChI=1S/C20H26F3N5O3S/c1-6-7-10-28-17(32-16(27-28)19(2,3)4)24-15(29)13-11-12(20(21,22)23)8-9-14(13)25-26-18(30)31-5/h8-9,11,25H,6-7,10H2,1-5H3,(H,26,30)/b24-17-. The van der Waals surface area contributed by atoms with Crippen LogP contribution < -0.4 is 15.7 Å². The van der Waals surface area contributed by atoms with Crippen LogP contribution >= 0.6 is 11.3 Å². The number of unbranched alkanes of at least 4 members (excludes halogenated alkanes) is 1. The Labute approximate surface area is 187 Å². The van der Waals surface area contributed by atoms with Crippen LogP contribution in [0.5, 0.6) is 0 Å². The molecular formula is C20H26F3N5O3S. The highest BCUT2D eigenvalue weighted by Gasteiger charge is 2.32. The zero-order chi connectivity index (χ0) is 24.1. The number of amides is 2. The van der Waals surface area contributed by atoms with Crippen molar-refractivity contribution in [2.75, 3.05) is 12.5 Å². The summed E-state index contributed by atoms with van der Waals surface area (Å²) in [5.74, 6) is -0.903. The number of hydrazine groups is 1. The molecule has 0 atom stereocenters. The Kier molecular flexibility index (Phi) is 8.05. The summed E-state index contributed by atoms with van der Waals surface area (Å²) >= 11 is 1.21. The predicted molar refractivity (Wildman–Crippen MR) is 114 cm³/mol. The third kappa shape index (κ3) is 6.55. The molecule has 2 aromatic rings. The minimum absolute atomic E-state index is 0.0576. The predicted octanol–water partition coefficient (Wildman–Crippen LogP) is 4.49. The van der Waals surface area contributed by atoms with Gasteiger partial charge in [-0.05, 0) is 24.6 Å². The largest absolute Gasteiger partial charge is 0.452 e. The molecule has 0 fully saturated rings. The van der Waals surface area contributed by atoms with Gasteiger partial charge in [-0.2, -0.15) is 23.3 Å². The third-order valence-corrected chi connectivity index (χ3v) is 5.62. The minimum atomic E-state index is -4.66. The Bertz CT molecular complexity index is 1040. The van der Waals surface area contributed by atoms with E-state index >= 15 is 0 Å². The van der Waals surface area contributed by atoms with E-state index in [1.807, 2.05) is 27.7 Å². The fourth-order valence-electron chi connectivity index (χ4n) is 2.47. The maximum atomic E-state index is 13.2. The molecule has 0 spiro atoms. The number of methoxy groups -OCH3 is 1. The Morgan fingerprint density at radius 3 is 2.50 bits per heavy atom. The van der Waals surface area contributed by atoms with Gasteiger partial charge in [-0.25, -0.2) is 14.9 Å². The molecule has 0 bridgehead atoms. The van der Waals surface area contributed by atoms with Gasteiger partial charge < -0.3 is 4.74 Å². The highest BCUT2D eigenvalue weighted by molar-refractivity contribution is 7.09. The van der Waals surface area contributed by atoms with E-state index in [1.54, 1.807) is 4.68 Å². The number of benzene rings is 1. The number of carbonyl (C=O) groups is 2. The van der Waals surface area contributed by atoms with Crippen molar-refractivity contribution >= 4 is 29.0 Å². The van der Waals surface area contributed by atoms with Gasteiger partial charge in [0, 0.05) is 12.0 Å². The third-order valence-electron chi connectivity index (χ3n) is 4.24. The summed E-state index contributed by atoms with van der Waals surface area (Å²) in [5, 5.41) is 5.28. The van der Waals surface area contributed by atoms with Crippen LogP contribution in [0, 0.1) is 0 Å². The first-order chi connectivity index (χ1) is 14.9. The number of carbonyl (C=O) groups excluding carboxylic acids is 2. The first kappa shape index (κ1) is 25.4. The SMILES string of the molecule is CCCCn1nc(C(C)(C)C)s/c1=N\C(=O)c1cc(C(F)(F)F)ccc1NNC(=O)OC. The lowest BCUT2D eigenvalue weighted by molar-refractivity contribution is -0.137. The fourth-order valence-corrected chi connectivity index (χ4v) is 3.46. The second-order valence-corrected chi connectivity index (χ2v) is 8.89. The quantitative estimate of drug-likeness (QED) is 0.603. The van der Waals surface area contributed by atoms with Crippen molar-refractivity contribution in [3.63, 3.8) is 0 Å². The number of rotatable bonds is 6. The van der Waals surface area contributed by atoms with Gasteiger partial charge >= 0.3 is 12.3 Å². The first-order valence-corrected chi connectivity index (χ1v) is 10.7. The molecule has 0 aliphatic heterocycles. The van der Waals surface area contributed by atoms with E-state index in [0.717, 1.165) is 37.1 Å². The summed E-state index contributed by atoms with van der Waals surface area (Å²) in [5.41, 5.74) is 2.80. The maximum absolute atomic E-state index is 13.2. The number of aromatic nitrogens is 2. The van der Waals surface area contributed by atoms with E-state index in [2.05, 4.69) is 25.7 Å². The molecular weight excluding hydrogens is 447 g/mol. The molecule has 0 unspecified atom stereocenters. The second-order valence-electron chi connectivity index (χ2n) is 7.93. The highest BCUT2D eigenvalue weighted by Crippen LogP contribution is 2.32. The van der Waals surface area contributed by atoms with Gasteiger partial charge in [-0.15, -0.1) is 0 Å². The van der Waals surface area contributed by atoms with Crippen molar-refractivity contribution in [1.29, 1.82) is 0 Å². The molecule has 0 saturated heterocycles. The number of ether oxygens (including phenoxy) is 1. The molecule has 32 heavy (non-hydrogen) atoms. The molecule has 176 valence electrons. The van der Waals surface area contributed by atoms with Crippen molar-refractivity contribution < 1.29 is 27.5 Å². The van der Waals surface area contributed by atoms with Gasteiger partial charge in [-0.3, -0.25) is 10.2 Å². The maximum Gasteiger partial charge on any atom is 0.425 e. The van der Waals surface area contributed by atoms with Gasteiger partial charge in [-0.1, -0.05) is 45.5 Å². The van der Waals surface area contributed by atoms with Crippen molar-refractivity contribution in [3.8, 4) is 0 Å². The molecule has 1 aromatic heterocycles. The lowest BCUT2D eigenvalue weighted by Crippen LogP contribution is -2.30. The Morgan fingerprint density at radius 2 is 1.94 bits per heavy atom. The smallest absolute Gasteiger partial charge is 0.425 e. The lowest BCUT2D eigenvalue weighted by Gasteiger charge is -2.13. The number of halogens is 3. The first-order valence-electron chi connectivity index (χ1n) is 9.85. The molecule has 0 saturated carbocycles. The van der Waals surface area contributed by atoms with Gasteiger partial charge in [0.05, 0.1) is 23.9 Å². The number of nitrogens with one attached hydrogen (secondary N) is 2. The number of nitrogens with zero attached hydrogens (tertiary/aromatic N) is 3. The Balaban J connectivity index is 2.55. The molecule has 2 rings (SSSR count). The minimum Gasteiger partial charge on any atom is -0.452 e. The zero-order valence-electron chi connectivity index (χ0n) is 18.5. The zero-order valence-corrected chi connectivity index (χ0v) is 19.3. The van der Waals surface area contributed by atoms with Crippen molar-refractivity contribution in [1.82, 2.24) is 15.2 Å². The summed E-state index contributed by atoms with van der Waals surface area (Å²) in [6, 6.07) is 2.53. The summed E-state index contributed by atoms with van der Waals surface area (Å²) in [6.45, 7) is 8.43. The molecule has 8 nitrogen and oxygen atoms in total. The van der Waals surface area contributed by atoms with Crippen molar-refractivity contribution in [2.45, 2.75) is 58.7 Å². The number of aryl methyl sites for hydroxylation is 1. The van der Waals surface area contributed by atoms with Crippen LogP contribution in [0.4, 0.5) is 23.7 Å². The van der Waals surface area contributed by atoms with Crippen LogP contribution in [0.3, 0.4) is 0 Å². The van der Waals surface area contributed by atoms with Gasteiger partial charge in [0.1, 0.15) is 5.01 Å². The summed E-state index contributed by atoms with van der Waals surface area (Å²) in [7, 11) is 1.12. The van der Waals surface area contributed by atoms with Crippen LogP contribution in [0.2, 0.25) is 0 Å². The van der Waals surface area contributed by atoms with Gasteiger partial charge in [0.15, 0.2) is 0 Å². The highest BCUT2D eigenvalue weighted by atomic mass is 32.1. The molecule has 0 radical (unpaired) electrons. The van der Waals surface area contributed by atoms with Crippen LogP contribution in [-0.4, -0.2) is 28.9 Å². The van der Waals surface area contributed by atoms with Crippen molar-refractivity contribution in [3.05, 3.63) is 39.1 Å². The van der Waals surface area contributed by atoms with E-state index < -0.39 is 23.7 Å². The summed E-state index contributed by atoms with van der Waals surface area (Å²) in [6.07, 6.45) is -3.85. The Hall–Kier alpha value is -2.89. The second kappa shape index (κ2) is 10.2. The fraction of sp³-hybridized carbons (Fsp3) is 0.500. The molecule has 12 heteroatoms. The van der Waals surface area contributed by atoms with E-state index in [1.165, 1.54) is 11.3 Å². The van der Waals surface area contributed by atoms with E-state index in [0.29, 0.717) is 12.6 Å². The molecule has 1 heterocycles. The average molecular weight is 474 g/mol. The molecule has 0 aliphatic rings. The molecule has 0 aliphatic carbocycles. The number of hydrogen-bond donors (Lipinski definition) is 2. The lowest BCUT2D eigenvalue weighted by atomic mass is 9.98. The van der Waals surface area contributed by atoms with Gasteiger partial charge in [0.25, 0.3) is 5.91 Å². The van der Waals surface area contributed by atoms with E-state index in [4.69, 9.17) is 0 Å². The molecule has 2 N–H and O–H groups in total. The number of alkyl halides is 3. The van der Waals surface area contributed by atoms with Crippen LogP contribution in [0.1, 0.15) is 61.5 Å².